The van der Waals surface area contributed by atoms with Crippen molar-refractivity contribution in [3.05, 3.63) is 62.8 Å². The molecule has 0 spiro atoms. The van der Waals surface area contributed by atoms with E-state index in [2.05, 4.69) is 5.32 Å². The Balaban J connectivity index is 1.41. The minimum atomic E-state index is -0.966. The first-order valence-corrected chi connectivity index (χ1v) is 12.9. The first kappa shape index (κ1) is 24.0. The van der Waals surface area contributed by atoms with Crippen molar-refractivity contribution in [2.24, 2.45) is 0 Å². The van der Waals surface area contributed by atoms with E-state index in [0.717, 1.165) is 46.7 Å². The second-order valence-corrected chi connectivity index (χ2v) is 10.4. The van der Waals surface area contributed by atoms with Crippen LogP contribution in [-0.4, -0.2) is 40.3 Å². The summed E-state index contributed by atoms with van der Waals surface area (Å²) >= 11 is 1.48. The van der Waals surface area contributed by atoms with Crippen molar-refractivity contribution < 1.29 is 33.8 Å². The molecule has 0 saturated carbocycles. The summed E-state index contributed by atoms with van der Waals surface area (Å²) < 4.78 is 12.5. The van der Waals surface area contributed by atoms with Crippen LogP contribution in [0.5, 0.6) is 11.5 Å². The number of rotatable bonds is 4. The van der Waals surface area contributed by atoms with Gasteiger partial charge in [-0.2, -0.15) is 0 Å². The monoisotopic (exact) mass is 533 g/mol. The van der Waals surface area contributed by atoms with Crippen LogP contribution in [0.15, 0.2) is 29.8 Å². The maximum Gasteiger partial charge on any atom is 0.339 e. The molecule has 194 valence electrons. The van der Waals surface area contributed by atoms with Crippen LogP contribution >= 0.6 is 11.3 Å². The molecule has 38 heavy (non-hydrogen) atoms. The number of nitrogens with zero attached hydrogens (tertiary/aromatic N) is 2. The van der Waals surface area contributed by atoms with Gasteiger partial charge in [0.1, 0.15) is 10.6 Å². The smallest absolute Gasteiger partial charge is 0.339 e. The topological polar surface area (TPSA) is 127 Å². The largest absolute Gasteiger partial charge is 0.478 e. The van der Waals surface area contributed by atoms with E-state index in [4.69, 9.17) is 9.47 Å². The Labute approximate surface area is 221 Å². The third-order valence-electron chi connectivity index (χ3n) is 7.06. The van der Waals surface area contributed by atoms with Crippen molar-refractivity contribution in [2.45, 2.75) is 39.5 Å². The molecule has 11 heteroatoms. The molecule has 3 aromatic rings. The molecule has 1 fully saturated rings. The number of fused-ring (bicyclic) bond motifs is 2. The summed E-state index contributed by atoms with van der Waals surface area (Å²) in [6, 6.07) is 5.57. The molecule has 2 aromatic heterocycles. The Hall–Kier alpha value is -4.38. The predicted octanol–water partition coefficient (Wildman–Crippen LogP) is 4.13. The number of hydrogen-bond acceptors (Lipinski definition) is 7. The van der Waals surface area contributed by atoms with Crippen LogP contribution in [0.1, 0.15) is 50.6 Å². The quantitative estimate of drug-likeness (QED) is 0.381. The Bertz CT molecular complexity index is 1600. The zero-order valence-corrected chi connectivity index (χ0v) is 21.4. The normalized spacial score (nSPS) is 17.7. The molecule has 4 amide bonds. The molecule has 1 aliphatic carbocycles. The minimum absolute atomic E-state index is 0.0367. The highest BCUT2D eigenvalue weighted by Gasteiger charge is 2.38. The van der Waals surface area contributed by atoms with Crippen LogP contribution in [0, 0.1) is 13.8 Å². The van der Waals surface area contributed by atoms with Gasteiger partial charge in [-0.25, -0.2) is 14.5 Å². The molecule has 2 N–H and O–H groups in total. The van der Waals surface area contributed by atoms with Crippen LogP contribution in [0.2, 0.25) is 0 Å². The fourth-order valence-electron chi connectivity index (χ4n) is 5.25. The van der Waals surface area contributed by atoms with E-state index in [1.165, 1.54) is 29.5 Å². The molecule has 10 nitrogen and oxygen atoms in total. The molecule has 6 rings (SSSR count). The van der Waals surface area contributed by atoms with E-state index in [0.29, 0.717) is 33.3 Å². The Morgan fingerprint density at radius 3 is 2.63 bits per heavy atom. The van der Waals surface area contributed by atoms with E-state index >= 15 is 0 Å². The van der Waals surface area contributed by atoms with Crippen LogP contribution < -0.4 is 19.7 Å². The van der Waals surface area contributed by atoms with Crippen LogP contribution in [-0.2, 0) is 22.4 Å². The van der Waals surface area contributed by atoms with Gasteiger partial charge in [0.05, 0.1) is 11.3 Å². The summed E-state index contributed by atoms with van der Waals surface area (Å²) in [7, 11) is 0. The maximum atomic E-state index is 13.4. The second kappa shape index (κ2) is 8.88. The van der Waals surface area contributed by atoms with Crippen molar-refractivity contribution >= 4 is 46.9 Å². The number of carboxylic acids is 1. The van der Waals surface area contributed by atoms with Crippen LogP contribution in [0.4, 0.5) is 10.5 Å². The first-order chi connectivity index (χ1) is 18.2. The van der Waals surface area contributed by atoms with Gasteiger partial charge in [0.2, 0.25) is 6.79 Å². The summed E-state index contributed by atoms with van der Waals surface area (Å²) in [5, 5.41) is 12.9. The third kappa shape index (κ3) is 3.69. The number of carbonyl (C=O) groups is 4. The summed E-state index contributed by atoms with van der Waals surface area (Å²) in [5.74, 6) is -1.66. The number of benzene rings is 1. The minimum Gasteiger partial charge on any atom is -0.478 e. The van der Waals surface area contributed by atoms with Crippen LogP contribution in [0.25, 0.3) is 11.1 Å². The summed E-state index contributed by atoms with van der Waals surface area (Å²) in [4.78, 5) is 53.1. The Morgan fingerprint density at radius 1 is 1.08 bits per heavy atom. The standard InChI is InChI=1S/C27H23N3O7S/c1-13-9-15(14(2)29(13)25-22(26(33)34)17-5-3-4-6-21(17)38-25)10-18-23(31)28-27(35)30(24(18)32)16-7-8-19-20(11-16)37-12-36-19/h7-11H,3-6,12H2,1-2H3,(H,33,34)(H,28,31,35)/b18-10+. The number of hydrogen-bond donors (Lipinski definition) is 2. The van der Waals surface area contributed by atoms with Crippen molar-refractivity contribution in [1.29, 1.82) is 0 Å². The summed E-state index contributed by atoms with van der Waals surface area (Å²) in [6.07, 6.45) is 5.02. The van der Waals surface area contributed by atoms with E-state index in [1.54, 1.807) is 12.1 Å². The number of thiophene rings is 1. The number of aromatic nitrogens is 1. The van der Waals surface area contributed by atoms with Gasteiger partial charge >= 0.3 is 12.0 Å². The molecule has 1 aromatic carbocycles. The van der Waals surface area contributed by atoms with Gasteiger partial charge in [0, 0.05) is 22.3 Å². The lowest BCUT2D eigenvalue weighted by Gasteiger charge is -2.26. The van der Waals surface area contributed by atoms with Gasteiger partial charge in [0.25, 0.3) is 11.8 Å². The predicted molar refractivity (Wildman–Crippen MR) is 138 cm³/mol. The van der Waals surface area contributed by atoms with Crippen molar-refractivity contribution in [2.75, 3.05) is 11.7 Å². The number of aryl methyl sites for hydroxylation is 2. The molecule has 0 radical (unpaired) electrons. The zero-order chi connectivity index (χ0) is 26.7. The number of aromatic carboxylic acids is 1. The van der Waals surface area contributed by atoms with Gasteiger partial charge < -0.3 is 19.1 Å². The lowest BCUT2D eigenvalue weighted by atomic mass is 9.95. The van der Waals surface area contributed by atoms with Gasteiger partial charge in [-0.1, -0.05) is 0 Å². The molecule has 3 aliphatic rings. The number of imide groups is 2. The molecule has 1 saturated heterocycles. The number of barbiturate groups is 1. The van der Waals surface area contributed by atoms with Crippen molar-refractivity contribution in [1.82, 2.24) is 9.88 Å². The van der Waals surface area contributed by atoms with Gasteiger partial charge in [0.15, 0.2) is 11.5 Å². The molecular formula is C27H23N3O7S. The molecule has 4 heterocycles. The van der Waals surface area contributed by atoms with E-state index in [1.807, 2.05) is 18.4 Å². The number of ether oxygens (including phenoxy) is 2. The SMILES string of the molecule is Cc1cc(/C=C2\C(=O)NC(=O)N(c3ccc4c(c3)OCO4)C2=O)c(C)n1-c1sc2c(c1C(=O)O)CCCC2. The number of anilines is 1. The van der Waals surface area contributed by atoms with Gasteiger partial charge in [-0.05, 0) is 74.9 Å². The van der Waals surface area contributed by atoms with E-state index in [-0.39, 0.29) is 18.1 Å². The number of amides is 4. The number of urea groups is 1. The highest BCUT2D eigenvalue weighted by atomic mass is 32.1. The average molecular weight is 534 g/mol. The zero-order valence-electron chi connectivity index (χ0n) is 20.6. The fourth-order valence-corrected chi connectivity index (χ4v) is 6.74. The van der Waals surface area contributed by atoms with Gasteiger partial charge in [-0.3, -0.25) is 14.9 Å². The lowest BCUT2D eigenvalue weighted by molar-refractivity contribution is -0.122. The van der Waals surface area contributed by atoms with Crippen molar-refractivity contribution in [3.63, 3.8) is 0 Å². The molecular weight excluding hydrogens is 510 g/mol. The third-order valence-corrected chi connectivity index (χ3v) is 8.33. The van der Waals surface area contributed by atoms with Crippen molar-refractivity contribution in [3.8, 4) is 16.5 Å². The Morgan fingerprint density at radius 2 is 1.84 bits per heavy atom. The van der Waals surface area contributed by atoms with E-state index in [9.17, 15) is 24.3 Å². The van der Waals surface area contributed by atoms with Crippen LogP contribution in [0.3, 0.4) is 0 Å². The first-order valence-electron chi connectivity index (χ1n) is 12.1. The maximum absolute atomic E-state index is 13.4. The van der Waals surface area contributed by atoms with Gasteiger partial charge in [-0.15, -0.1) is 11.3 Å². The highest BCUT2D eigenvalue weighted by Crippen LogP contribution is 2.39. The molecule has 2 aliphatic heterocycles. The summed E-state index contributed by atoms with van der Waals surface area (Å²) in [6.45, 7) is 3.70. The fraction of sp³-hybridized carbons (Fsp3) is 0.259. The highest BCUT2D eigenvalue weighted by molar-refractivity contribution is 7.15. The number of carbonyl (C=O) groups excluding carboxylic acids is 3. The molecule has 0 bridgehead atoms. The number of nitrogens with one attached hydrogen (secondary N) is 1. The molecule has 0 unspecified atom stereocenters. The number of carboxylic acid groups (broad SMARTS) is 1. The van der Waals surface area contributed by atoms with E-state index < -0.39 is 23.8 Å². The summed E-state index contributed by atoms with van der Waals surface area (Å²) in [5.41, 5.74) is 3.25. The molecule has 0 atom stereocenters. The lowest BCUT2D eigenvalue weighted by Crippen LogP contribution is -2.54. The second-order valence-electron chi connectivity index (χ2n) is 9.35. The Kier molecular flexibility index (Phi) is 5.60. The average Bonchev–Trinajstić information content (AvgIpc) is 3.56.